The van der Waals surface area contributed by atoms with E-state index in [0.717, 1.165) is 6.08 Å². The van der Waals surface area contributed by atoms with Gasteiger partial charge in [-0.1, -0.05) is 12.1 Å². The Balaban J connectivity index is 1.73. The molecule has 4 aromatic rings. The number of aromatic hydroxyl groups is 1. The third kappa shape index (κ3) is 3.90. The fourth-order valence-corrected chi connectivity index (χ4v) is 3.89. The number of fused-ring (bicyclic) bond motifs is 1. The number of aliphatic carboxylic acids is 1. The van der Waals surface area contributed by atoms with Crippen LogP contribution in [0, 0.1) is 0 Å². The molecule has 2 aromatic heterocycles. The minimum absolute atomic E-state index is 0.0992. The molecule has 4 rings (SSSR count). The van der Waals surface area contributed by atoms with E-state index in [4.69, 9.17) is 14.3 Å². The van der Waals surface area contributed by atoms with Crippen molar-refractivity contribution in [1.29, 1.82) is 0 Å². The van der Waals surface area contributed by atoms with Gasteiger partial charge in [-0.3, -0.25) is 4.79 Å². The number of carbonyl (C=O) groups excluding carboxylic acids is 1. The van der Waals surface area contributed by atoms with E-state index in [1.54, 1.807) is 42.5 Å². The first-order chi connectivity index (χ1) is 14.0. The molecule has 0 unspecified atom stereocenters. The fraction of sp³-hybridized carbons (Fsp3) is 0. The van der Waals surface area contributed by atoms with E-state index in [2.05, 4.69) is 0 Å². The minimum atomic E-state index is -1.03. The molecule has 0 spiro atoms. The van der Waals surface area contributed by atoms with E-state index >= 15 is 0 Å². The molecule has 0 aliphatic carbocycles. The van der Waals surface area contributed by atoms with Crippen LogP contribution >= 0.6 is 11.3 Å². The van der Waals surface area contributed by atoms with Gasteiger partial charge >= 0.3 is 5.97 Å². The van der Waals surface area contributed by atoms with Crippen molar-refractivity contribution in [3.8, 4) is 17.2 Å². The smallest absolute Gasteiger partial charge is 0.328 e. The maximum Gasteiger partial charge on any atom is 0.328 e. The lowest BCUT2D eigenvalue weighted by Crippen LogP contribution is -1.99. The van der Waals surface area contributed by atoms with Gasteiger partial charge in [0.2, 0.25) is 5.78 Å². The van der Waals surface area contributed by atoms with Crippen LogP contribution in [0.5, 0.6) is 17.2 Å². The Labute approximate surface area is 168 Å². The van der Waals surface area contributed by atoms with Gasteiger partial charge in [0.05, 0.1) is 11.8 Å². The maximum absolute atomic E-state index is 12.9. The Bertz CT molecular complexity index is 1220. The van der Waals surface area contributed by atoms with Gasteiger partial charge in [0.25, 0.3) is 0 Å². The zero-order chi connectivity index (χ0) is 20.4. The van der Waals surface area contributed by atoms with E-state index in [-0.39, 0.29) is 11.5 Å². The van der Waals surface area contributed by atoms with Gasteiger partial charge in [-0.15, -0.1) is 11.3 Å². The number of carbonyl (C=O) groups is 2. The van der Waals surface area contributed by atoms with Crippen LogP contribution in [0.15, 0.2) is 71.6 Å². The normalized spacial score (nSPS) is 11.2. The SMILES string of the molecule is O=C(O)/C=C/c1ccc(Oc2c(C(=O)c3ccoc3)sc3cc(O)ccc23)cc1. The van der Waals surface area contributed by atoms with Crippen LogP contribution in [-0.2, 0) is 4.79 Å². The summed E-state index contributed by atoms with van der Waals surface area (Å²) in [5, 5.41) is 19.2. The summed E-state index contributed by atoms with van der Waals surface area (Å²) in [6.45, 7) is 0. The third-order valence-corrected chi connectivity index (χ3v) is 5.27. The average Bonchev–Trinajstić information content (AvgIpc) is 3.35. The zero-order valence-corrected chi connectivity index (χ0v) is 15.7. The van der Waals surface area contributed by atoms with E-state index in [1.807, 2.05) is 0 Å². The molecule has 0 amide bonds. The van der Waals surface area contributed by atoms with Crippen LogP contribution in [0.2, 0.25) is 0 Å². The molecule has 0 aliphatic rings. The lowest BCUT2D eigenvalue weighted by atomic mass is 10.1. The number of furan rings is 1. The van der Waals surface area contributed by atoms with Crippen molar-refractivity contribution in [3.05, 3.63) is 83.1 Å². The molecular weight excluding hydrogens is 392 g/mol. The summed E-state index contributed by atoms with van der Waals surface area (Å²) in [6.07, 6.45) is 5.33. The van der Waals surface area contributed by atoms with Gasteiger partial charge in [0, 0.05) is 16.2 Å². The van der Waals surface area contributed by atoms with Crippen molar-refractivity contribution >= 4 is 39.3 Å². The van der Waals surface area contributed by atoms with Crippen molar-refractivity contribution in [3.63, 3.8) is 0 Å². The zero-order valence-electron chi connectivity index (χ0n) is 14.9. The summed E-state index contributed by atoms with van der Waals surface area (Å²) in [5.41, 5.74) is 1.11. The molecule has 6 nitrogen and oxygen atoms in total. The Hall–Kier alpha value is -3.84. The Morgan fingerprint density at radius 2 is 1.86 bits per heavy atom. The summed E-state index contributed by atoms with van der Waals surface area (Å²) in [4.78, 5) is 23.9. The summed E-state index contributed by atoms with van der Waals surface area (Å²) < 4.78 is 11.8. The molecular formula is C22H14O6S. The Kier molecular flexibility index (Phi) is 4.88. The second-order valence-corrected chi connectivity index (χ2v) is 7.18. The number of ketones is 1. The van der Waals surface area contributed by atoms with Gasteiger partial charge in [0.15, 0.2) is 5.75 Å². The van der Waals surface area contributed by atoms with E-state index < -0.39 is 5.97 Å². The standard InChI is InChI=1S/C22H14O6S/c23-15-4-7-17-18(11-15)29-22(20(26)14-9-10-27-12-14)21(17)28-16-5-1-13(2-6-16)3-8-19(24)25/h1-12,23H,(H,24,25)/b8-3+. The summed E-state index contributed by atoms with van der Waals surface area (Å²) >= 11 is 1.23. The predicted octanol–water partition coefficient (Wildman–Crippen LogP) is 5.32. The molecule has 0 bridgehead atoms. The molecule has 0 aliphatic heterocycles. The molecule has 0 atom stereocenters. The number of ether oxygens (including phenoxy) is 1. The molecule has 0 radical (unpaired) electrons. The van der Waals surface area contributed by atoms with Crippen LogP contribution in [0.4, 0.5) is 0 Å². The quantitative estimate of drug-likeness (QED) is 0.332. The molecule has 29 heavy (non-hydrogen) atoms. The fourth-order valence-electron chi connectivity index (χ4n) is 2.77. The van der Waals surface area contributed by atoms with E-state index in [9.17, 15) is 14.7 Å². The molecule has 7 heteroatoms. The molecule has 144 valence electrons. The van der Waals surface area contributed by atoms with Crippen molar-refractivity contribution in [2.24, 2.45) is 0 Å². The molecule has 2 heterocycles. The number of benzene rings is 2. The molecule has 2 N–H and O–H groups in total. The van der Waals surface area contributed by atoms with Gasteiger partial charge in [0.1, 0.15) is 22.6 Å². The number of hydrogen-bond donors (Lipinski definition) is 2. The van der Waals surface area contributed by atoms with Crippen LogP contribution < -0.4 is 4.74 Å². The van der Waals surface area contributed by atoms with Gasteiger partial charge in [-0.2, -0.15) is 0 Å². The number of phenolic OH excluding ortho intramolecular Hbond substituents is 1. The molecule has 0 saturated heterocycles. The lowest BCUT2D eigenvalue weighted by Gasteiger charge is -2.07. The average molecular weight is 406 g/mol. The summed E-state index contributed by atoms with van der Waals surface area (Å²) in [7, 11) is 0. The molecule has 0 fully saturated rings. The number of thiophene rings is 1. The number of carboxylic acids is 1. The van der Waals surface area contributed by atoms with Gasteiger partial charge < -0.3 is 19.4 Å². The molecule has 2 aromatic carbocycles. The first kappa shape index (κ1) is 18.5. The summed E-state index contributed by atoms with van der Waals surface area (Å²) in [5.74, 6) is -0.283. The van der Waals surface area contributed by atoms with Crippen LogP contribution in [-0.4, -0.2) is 22.0 Å². The lowest BCUT2D eigenvalue weighted by molar-refractivity contribution is -0.131. The van der Waals surface area contributed by atoms with Crippen LogP contribution in [0.3, 0.4) is 0 Å². The second kappa shape index (κ2) is 7.65. The highest BCUT2D eigenvalue weighted by atomic mass is 32.1. The van der Waals surface area contributed by atoms with Crippen molar-refractivity contribution in [2.45, 2.75) is 0 Å². The number of phenols is 1. The third-order valence-electron chi connectivity index (χ3n) is 4.14. The summed E-state index contributed by atoms with van der Waals surface area (Å²) in [6, 6.07) is 13.2. The first-order valence-electron chi connectivity index (χ1n) is 8.52. The first-order valence-corrected chi connectivity index (χ1v) is 9.34. The van der Waals surface area contributed by atoms with Crippen LogP contribution in [0.1, 0.15) is 20.8 Å². The van der Waals surface area contributed by atoms with E-state index in [1.165, 1.54) is 36.0 Å². The van der Waals surface area contributed by atoms with Crippen LogP contribution in [0.25, 0.3) is 16.2 Å². The highest BCUT2D eigenvalue weighted by Gasteiger charge is 2.22. The number of carboxylic acid groups (broad SMARTS) is 1. The Morgan fingerprint density at radius 3 is 2.55 bits per heavy atom. The van der Waals surface area contributed by atoms with Gasteiger partial charge in [-0.05, 0) is 48.0 Å². The predicted molar refractivity (Wildman–Crippen MR) is 109 cm³/mol. The topological polar surface area (TPSA) is 97.0 Å². The number of rotatable bonds is 6. The van der Waals surface area contributed by atoms with Crippen molar-refractivity contribution < 1.29 is 29.0 Å². The van der Waals surface area contributed by atoms with Crippen molar-refractivity contribution in [2.75, 3.05) is 0 Å². The molecule has 0 saturated carbocycles. The highest BCUT2D eigenvalue weighted by molar-refractivity contribution is 7.21. The van der Waals surface area contributed by atoms with E-state index in [0.29, 0.717) is 37.6 Å². The monoisotopic (exact) mass is 406 g/mol. The second-order valence-electron chi connectivity index (χ2n) is 6.12. The van der Waals surface area contributed by atoms with Crippen molar-refractivity contribution in [1.82, 2.24) is 0 Å². The maximum atomic E-state index is 12.9. The van der Waals surface area contributed by atoms with Gasteiger partial charge in [-0.25, -0.2) is 4.79 Å². The highest BCUT2D eigenvalue weighted by Crippen LogP contribution is 2.42. The Morgan fingerprint density at radius 1 is 1.07 bits per heavy atom. The minimum Gasteiger partial charge on any atom is -0.508 e. The number of hydrogen-bond acceptors (Lipinski definition) is 6. The largest absolute Gasteiger partial charge is 0.508 e.